The molecule has 1 heterocycles. The number of esters is 1. The number of benzene rings is 3. The first-order valence-electron chi connectivity index (χ1n) is 10.3. The summed E-state index contributed by atoms with van der Waals surface area (Å²) in [7, 11) is 3.16. The monoisotopic (exact) mass is 401 g/mol. The average molecular weight is 402 g/mol. The molecule has 0 aliphatic carbocycles. The minimum atomic E-state index is -0.657. The molecule has 2 atom stereocenters. The molecule has 0 amide bonds. The van der Waals surface area contributed by atoms with Crippen molar-refractivity contribution >= 4 is 5.97 Å². The SMILES string of the molecule is COC(=O)C1C[C@@H](OC)CN1C(c1ccccc1)(c1ccccc1)c1ccccc1. The lowest BCUT2D eigenvalue weighted by Gasteiger charge is -2.45. The van der Waals surface area contributed by atoms with Crippen LogP contribution in [0.2, 0.25) is 0 Å². The summed E-state index contributed by atoms with van der Waals surface area (Å²) >= 11 is 0. The first kappa shape index (κ1) is 20.3. The zero-order valence-electron chi connectivity index (χ0n) is 17.4. The molecule has 0 radical (unpaired) electrons. The molecule has 30 heavy (non-hydrogen) atoms. The van der Waals surface area contributed by atoms with Gasteiger partial charge in [-0.1, -0.05) is 91.0 Å². The lowest BCUT2D eigenvalue weighted by atomic mass is 9.75. The van der Waals surface area contributed by atoms with Crippen molar-refractivity contribution in [3.05, 3.63) is 108 Å². The van der Waals surface area contributed by atoms with E-state index in [1.807, 2.05) is 54.6 Å². The molecule has 1 unspecified atom stereocenters. The Hall–Kier alpha value is -2.95. The lowest BCUT2D eigenvalue weighted by molar-refractivity contribution is -0.147. The van der Waals surface area contributed by atoms with Crippen LogP contribution in [0.4, 0.5) is 0 Å². The van der Waals surface area contributed by atoms with Gasteiger partial charge in [0, 0.05) is 20.1 Å². The van der Waals surface area contributed by atoms with Gasteiger partial charge in [0.1, 0.15) is 6.04 Å². The van der Waals surface area contributed by atoms with Crippen LogP contribution in [0, 0.1) is 0 Å². The van der Waals surface area contributed by atoms with E-state index in [1.165, 1.54) is 7.11 Å². The standard InChI is InChI=1S/C26H27NO3/c1-29-23-18-24(25(28)30-2)27(19-23)26(20-12-6-3-7-13-20,21-14-8-4-9-15-21)22-16-10-5-11-17-22/h3-17,23-24H,18-19H2,1-2H3/t23-,24?/m1/s1. The van der Waals surface area contributed by atoms with Crippen LogP contribution in [0.3, 0.4) is 0 Å². The van der Waals surface area contributed by atoms with Gasteiger partial charge in [-0.3, -0.25) is 9.69 Å². The van der Waals surface area contributed by atoms with Gasteiger partial charge >= 0.3 is 5.97 Å². The molecule has 1 aliphatic rings. The van der Waals surface area contributed by atoms with Crippen LogP contribution < -0.4 is 0 Å². The maximum absolute atomic E-state index is 12.9. The summed E-state index contributed by atoms with van der Waals surface area (Å²) in [5.41, 5.74) is 2.66. The van der Waals surface area contributed by atoms with Crippen LogP contribution in [0.1, 0.15) is 23.1 Å². The Kier molecular flexibility index (Phi) is 5.98. The summed E-state index contributed by atoms with van der Waals surface area (Å²) in [5, 5.41) is 0. The number of nitrogens with zero attached hydrogens (tertiary/aromatic N) is 1. The number of ether oxygens (including phenoxy) is 2. The Bertz CT molecular complexity index is 863. The van der Waals surface area contributed by atoms with Crippen molar-refractivity contribution in [2.24, 2.45) is 0 Å². The highest BCUT2D eigenvalue weighted by Gasteiger charge is 2.51. The van der Waals surface area contributed by atoms with Crippen molar-refractivity contribution in [3.8, 4) is 0 Å². The number of hydrogen-bond acceptors (Lipinski definition) is 4. The molecule has 4 rings (SSSR count). The van der Waals surface area contributed by atoms with Gasteiger partial charge in [0.15, 0.2) is 0 Å². The third-order valence-corrected chi connectivity index (χ3v) is 6.07. The maximum atomic E-state index is 12.9. The van der Waals surface area contributed by atoms with Crippen LogP contribution in [0.15, 0.2) is 91.0 Å². The van der Waals surface area contributed by atoms with Gasteiger partial charge in [-0.05, 0) is 16.7 Å². The summed E-state index contributed by atoms with van der Waals surface area (Å²) < 4.78 is 10.9. The van der Waals surface area contributed by atoms with E-state index in [-0.39, 0.29) is 12.1 Å². The first-order chi connectivity index (χ1) is 14.7. The van der Waals surface area contributed by atoms with Gasteiger partial charge < -0.3 is 9.47 Å². The van der Waals surface area contributed by atoms with E-state index in [9.17, 15) is 4.79 Å². The second-order valence-corrected chi connectivity index (χ2v) is 7.59. The Morgan fingerprint density at radius 1 is 0.800 bits per heavy atom. The number of likely N-dealkylation sites (tertiary alicyclic amines) is 1. The largest absolute Gasteiger partial charge is 0.468 e. The fourth-order valence-corrected chi connectivity index (χ4v) is 4.73. The predicted octanol–water partition coefficient (Wildman–Crippen LogP) is 4.24. The van der Waals surface area contributed by atoms with Crippen molar-refractivity contribution in [1.29, 1.82) is 0 Å². The third kappa shape index (κ3) is 3.42. The van der Waals surface area contributed by atoms with Crippen LogP contribution in [-0.2, 0) is 19.8 Å². The summed E-state index contributed by atoms with van der Waals surface area (Å²) in [5.74, 6) is -0.235. The topological polar surface area (TPSA) is 38.8 Å². The van der Waals surface area contributed by atoms with Crippen molar-refractivity contribution < 1.29 is 14.3 Å². The molecular weight excluding hydrogens is 374 g/mol. The van der Waals surface area contributed by atoms with Crippen molar-refractivity contribution in [2.75, 3.05) is 20.8 Å². The van der Waals surface area contributed by atoms with Crippen LogP contribution in [0.5, 0.6) is 0 Å². The number of methoxy groups -OCH3 is 2. The molecule has 3 aromatic rings. The number of carbonyl (C=O) groups excluding carboxylic acids is 1. The van der Waals surface area contributed by atoms with Crippen LogP contribution in [0.25, 0.3) is 0 Å². The number of carbonyl (C=O) groups is 1. The average Bonchev–Trinajstić information content (AvgIpc) is 3.26. The molecule has 154 valence electrons. The molecule has 4 heteroatoms. The molecule has 0 N–H and O–H groups in total. The molecular formula is C26H27NO3. The number of hydrogen-bond donors (Lipinski definition) is 0. The smallest absolute Gasteiger partial charge is 0.323 e. The third-order valence-electron chi connectivity index (χ3n) is 6.07. The summed E-state index contributed by atoms with van der Waals surface area (Å²) in [6.45, 7) is 0.620. The summed E-state index contributed by atoms with van der Waals surface area (Å²) in [6.07, 6.45) is 0.543. The van der Waals surface area contributed by atoms with Crippen LogP contribution >= 0.6 is 0 Å². The molecule has 0 aromatic heterocycles. The second-order valence-electron chi connectivity index (χ2n) is 7.59. The van der Waals surface area contributed by atoms with Crippen molar-refractivity contribution in [1.82, 2.24) is 4.90 Å². The van der Waals surface area contributed by atoms with E-state index in [0.717, 1.165) is 16.7 Å². The van der Waals surface area contributed by atoms with Gasteiger partial charge in [0.2, 0.25) is 0 Å². The van der Waals surface area contributed by atoms with E-state index >= 15 is 0 Å². The highest BCUT2D eigenvalue weighted by Crippen LogP contribution is 2.46. The molecule has 0 spiro atoms. The normalized spacial score (nSPS) is 19.5. The fraction of sp³-hybridized carbons (Fsp3) is 0.269. The zero-order valence-corrected chi connectivity index (χ0v) is 17.4. The Morgan fingerprint density at radius 3 is 1.60 bits per heavy atom. The van der Waals surface area contributed by atoms with Gasteiger partial charge in [-0.2, -0.15) is 0 Å². The molecule has 1 saturated heterocycles. The van der Waals surface area contributed by atoms with E-state index in [4.69, 9.17) is 9.47 Å². The number of rotatable bonds is 6. The van der Waals surface area contributed by atoms with Gasteiger partial charge in [-0.15, -0.1) is 0 Å². The first-order valence-corrected chi connectivity index (χ1v) is 10.3. The highest BCUT2D eigenvalue weighted by molar-refractivity contribution is 5.77. The molecule has 3 aromatic carbocycles. The Labute approximate surface area is 178 Å². The van der Waals surface area contributed by atoms with E-state index in [0.29, 0.717) is 13.0 Å². The summed E-state index contributed by atoms with van der Waals surface area (Å²) in [6, 6.07) is 30.7. The quantitative estimate of drug-likeness (QED) is 0.457. The van der Waals surface area contributed by atoms with Gasteiger partial charge in [0.05, 0.1) is 18.8 Å². The van der Waals surface area contributed by atoms with Crippen molar-refractivity contribution in [3.63, 3.8) is 0 Å². The van der Waals surface area contributed by atoms with E-state index < -0.39 is 11.6 Å². The van der Waals surface area contributed by atoms with Crippen molar-refractivity contribution in [2.45, 2.75) is 24.1 Å². The minimum Gasteiger partial charge on any atom is -0.468 e. The molecule has 1 aliphatic heterocycles. The summed E-state index contributed by atoms with van der Waals surface area (Å²) in [4.78, 5) is 15.2. The second kappa shape index (κ2) is 8.82. The Morgan fingerprint density at radius 2 is 1.23 bits per heavy atom. The molecule has 0 saturated carbocycles. The van der Waals surface area contributed by atoms with E-state index in [2.05, 4.69) is 41.3 Å². The maximum Gasteiger partial charge on any atom is 0.323 e. The molecule has 0 bridgehead atoms. The zero-order chi connectivity index (χ0) is 21.0. The Balaban J connectivity index is 2.03. The minimum absolute atomic E-state index is 0.0513. The van der Waals surface area contributed by atoms with Gasteiger partial charge in [-0.25, -0.2) is 0 Å². The predicted molar refractivity (Wildman–Crippen MR) is 117 cm³/mol. The van der Waals surface area contributed by atoms with Gasteiger partial charge in [0.25, 0.3) is 0 Å². The molecule has 4 nitrogen and oxygen atoms in total. The highest BCUT2D eigenvalue weighted by atomic mass is 16.5. The van der Waals surface area contributed by atoms with E-state index in [1.54, 1.807) is 7.11 Å². The molecule has 1 fully saturated rings. The fourth-order valence-electron chi connectivity index (χ4n) is 4.73. The van der Waals surface area contributed by atoms with Crippen LogP contribution in [-0.4, -0.2) is 43.8 Å². The lowest BCUT2D eigenvalue weighted by Crippen LogP contribution is -2.53.